The van der Waals surface area contributed by atoms with Gasteiger partial charge in [0.1, 0.15) is 17.7 Å². The molecule has 2 saturated carbocycles. The van der Waals surface area contributed by atoms with Gasteiger partial charge < -0.3 is 15.8 Å². The van der Waals surface area contributed by atoms with Crippen LogP contribution in [-0.4, -0.2) is 45.9 Å². The first-order valence-electron chi connectivity index (χ1n) is 9.97. The minimum atomic E-state index is -0.558. The third kappa shape index (κ3) is 3.21. The number of unbranched alkanes of at least 4 members (excludes halogenated alkanes) is 1. The third-order valence-electron chi connectivity index (χ3n) is 6.24. The van der Waals surface area contributed by atoms with Crippen molar-refractivity contribution in [3.8, 4) is 5.88 Å². The number of ether oxygens (including phenoxy) is 1. The molecule has 8 nitrogen and oxygen atoms in total. The van der Waals surface area contributed by atoms with Crippen LogP contribution in [0.2, 0.25) is 0 Å². The predicted octanol–water partition coefficient (Wildman–Crippen LogP) is 1.98. The van der Waals surface area contributed by atoms with Crippen LogP contribution in [0.25, 0.3) is 0 Å². The number of urea groups is 1. The number of primary amides is 1. The minimum absolute atomic E-state index is 0.0175. The van der Waals surface area contributed by atoms with Crippen LogP contribution in [-0.2, 0) is 4.79 Å². The van der Waals surface area contributed by atoms with Gasteiger partial charge in [0.2, 0.25) is 5.88 Å². The van der Waals surface area contributed by atoms with Gasteiger partial charge in [0.05, 0.1) is 0 Å². The fourth-order valence-electron chi connectivity index (χ4n) is 4.77. The Hall–Kier alpha value is -2.64. The molecule has 28 heavy (non-hydrogen) atoms. The predicted molar refractivity (Wildman–Crippen MR) is 101 cm³/mol. The van der Waals surface area contributed by atoms with Crippen molar-refractivity contribution in [2.45, 2.75) is 70.1 Å². The van der Waals surface area contributed by atoms with Crippen LogP contribution >= 0.6 is 0 Å². The molecule has 8 heteroatoms. The summed E-state index contributed by atoms with van der Waals surface area (Å²) in [7, 11) is 0. The van der Waals surface area contributed by atoms with E-state index in [2.05, 4.69) is 17.2 Å². The van der Waals surface area contributed by atoms with E-state index in [0.29, 0.717) is 6.42 Å². The molecule has 1 saturated heterocycles. The Balaban J connectivity index is 1.29. The molecule has 0 aromatic carbocycles. The third-order valence-corrected chi connectivity index (χ3v) is 6.24. The lowest BCUT2D eigenvalue weighted by Crippen LogP contribution is -2.60. The average molecular weight is 386 g/mol. The van der Waals surface area contributed by atoms with Crippen molar-refractivity contribution in [1.29, 1.82) is 0 Å². The normalized spacial score (nSPS) is 31.3. The number of rotatable bonds is 7. The topological polar surface area (TPSA) is 115 Å². The highest BCUT2D eigenvalue weighted by Crippen LogP contribution is 2.58. The van der Waals surface area contributed by atoms with E-state index in [9.17, 15) is 14.4 Å². The van der Waals surface area contributed by atoms with Gasteiger partial charge in [-0.1, -0.05) is 19.8 Å². The zero-order chi connectivity index (χ0) is 19.9. The highest BCUT2D eigenvalue weighted by molar-refractivity contribution is 6.04. The van der Waals surface area contributed by atoms with Gasteiger partial charge in [-0.15, -0.1) is 0 Å². The van der Waals surface area contributed by atoms with Crippen molar-refractivity contribution in [3.63, 3.8) is 0 Å². The molecule has 1 aromatic rings. The SMILES string of the molecule is CCCC[C@@H]1NC(=O)N([C@H]2CC3(C[C@H](Oc4ncccc4C(N)=O)C3)C2)C1=O. The number of nitrogens with two attached hydrogens (primary N) is 1. The van der Waals surface area contributed by atoms with E-state index >= 15 is 0 Å². The second-order valence-electron chi connectivity index (χ2n) is 8.28. The largest absolute Gasteiger partial charge is 0.474 e. The Bertz CT molecular complexity index is 797. The number of carbonyl (C=O) groups excluding carboxylic acids is 3. The number of imide groups is 1. The van der Waals surface area contributed by atoms with Crippen molar-refractivity contribution in [1.82, 2.24) is 15.2 Å². The van der Waals surface area contributed by atoms with Gasteiger partial charge in [-0.3, -0.25) is 14.5 Å². The summed E-state index contributed by atoms with van der Waals surface area (Å²) in [4.78, 5) is 41.8. The number of aromatic nitrogens is 1. The van der Waals surface area contributed by atoms with Crippen LogP contribution in [0.4, 0.5) is 4.79 Å². The Morgan fingerprint density at radius 1 is 1.36 bits per heavy atom. The second-order valence-corrected chi connectivity index (χ2v) is 8.28. The minimum Gasteiger partial charge on any atom is -0.474 e. The van der Waals surface area contributed by atoms with Gasteiger partial charge in [-0.05, 0) is 49.7 Å². The molecular weight excluding hydrogens is 360 g/mol. The van der Waals surface area contributed by atoms with E-state index in [-0.39, 0.29) is 47.0 Å². The molecule has 1 aromatic heterocycles. The molecule has 4 rings (SSSR count). The molecule has 2 heterocycles. The summed E-state index contributed by atoms with van der Waals surface area (Å²) in [6.45, 7) is 2.07. The van der Waals surface area contributed by atoms with Crippen LogP contribution in [0.3, 0.4) is 0 Å². The summed E-state index contributed by atoms with van der Waals surface area (Å²) >= 11 is 0. The number of carbonyl (C=O) groups is 3. The molecule has 0 radical (unpaired) electrons. The van der Waals surface area contributed by atoms with Crippen molar-refractivity contribution < 1.29 is 19.1 Å². The molecule has 3 fully saturated rings. The van der Waals surface area contributed by atoms with Crippen LogP contribution in [0.1, 0.15) is 62.2 Å². The number of hydrogen-bond donors (Lipinski definition) is 2. The van der Waals surface area contributed by atoms with Crippen LogP contribution in [0.5, 0.6) is 5.88 Å². The molecule has 1 spiro atoms. The molecule has 0 bridgehead atoms. The number of nitrogens with one attached hydrogen (secondary N) is 1. The molecular formula is C20H26N4O4. The highest BCUT2D eigenvalue weighted by Gasteiger charge is 2.58. The Kier molecular flexibility index (Phi) is 4.72. The number of amides is 4. The van der Waals surface area contributed by atoms with Crippen LogP contribution in [0, 0.1) is 5.41 Å². The maximum absolute atomic E-state index is 12.5. The lowest BCUT2D eigenvalue weighted by atomic mass is 9.52. The lowest BCUT2D eigenvalue weighted by Gasteiger charge is -2.58. The quantitative estimate of drug-likeness (QED) is 0.696. The van der Waals surface area contributed by atoms with E-state index < -0.39 is 5.91 Å². The summed E-state index contributed by atoms with van der Waals surface area (Å²) in [5.41, 5.74) is 5.77. The van der Waals surface area contributed by atoms with Gasteiger partial charge in [0, 0.05) is 12.2 Å². The number of pyridine rings is 1. The lowest BCUT2D eigenvalue weighted by molar-refractivity contribution is -0.140. The Morgan fingerprint density at radius 2 is 2.11 bits per heavy atom. The second kappa shape index (κ2) is 7.07. The van der Waals surface area contributed by atoms with E-state index in [1.807, 2.05) is 0 Å². The van der Waals surface area contributed by atoms with Crippen LogP contribution < -0.4 is 15.8 Å². The van der Waals surface area contributed by atoms with Gasteiger partial charge >= 0.3 is 6.03 Å². The van der Waals surface area contributed by atoms with Crippen molar-refractivity contribution in [2.24, 2.45) is 11.1 Å². The fraction of sp³-hybridized carbons (Fsp3) is 0.600. The maximum atomic E-state index is 12.5. The smallest absolute Gasteiger partial charge is 0.325 e. The fourth-order valence-corrected chi connectivity index (χ4v) is 4.77. The summed E-state index contributed by atoms with van der Waals surface area (Å²) in [5, 5.41) is 2.82. The Labute approximate surface area is 163 Å². The molecule has 1 atom stereocenters. The van der Waals surface area contributed by atoms with E-state index in [1.165, 1.54) is 4.90 Å². The number of hydrogen-bond acceptors (Lipinski definition) is 5. The Morgan fingerprint density at radius 3 is 2.79 bits per heavy atom. The van der Waals surface area contributed by atoms with Gasteiger partial charge in [0.15, 0.2) is 0 Å². The first kappa shape index (κ1) is 18.7. The van der Waals surface area contributed by atoms with Crippen molar-refractivity contribution in [2.75, 3.05) is 0 Å². The monoisotopic (exact) mass is 386 g/mol. The van der Waals surface area contributed by atoms with Crippen molar-refractivity contribution in [3.05, 3.63) is 23.9 Å². The zero-order valence-electron chi connectivity index (χ0n) is 16.0. The first-order chi connectivity index (χ1) is 13.4. The van der Waals surface area contributed by atoms with Gasteiger partial charge in [0.25, 0.3) is 11.8 Å². The first-order valence-corrected chi connectivity index (χ1v) is 9.97. The van der Waals surface area contributed by atoms with Crippen LogP contribution in [0.15, 0.2) is 18.3 Å². The summed E-state index contributed by atoms with van der Waals surface area (Å²) in [6, 6.07) is 2.62. The molecule has 150 valence electrons. The maximum Gasteiger partial charge on any atom is 0.325 e. The zero-order valence-corrected chi connectivity index (χ0v) is 16.0. The summed E-state index contributed by atoms with van der Waals surface area (Å²) < 4.78 is 5.87. The number of nitrogens with zero attached hydrogens (tertiary/aromatic N) is 2. The molecule has 1 aliphatic heterocycles. The summed E-state index contributed by atoms with van der Waals surface area (Å²) in [6.07, 6.45) is 7.49. The molecule has 2 aliphatic carbocycles. The van der Waals surface area contributed by atoms with Gasteiger partial charge in [-0.25, -0.2) is 9.78 Å². The highest BCUT2D eigenvalue weighted by atomic mass is 16.5. The van der Waals surface area contributed by atoms with Gasteiger partial charge in [-0.2, -0.15) is 0 Å². The average Bonchev–Trinajstić information content (AvgIpc) is 2.88. The molecule has 3 aliphatic rings. The molecule has 3 N–H and O–H groups in total. The van der Waals surface area contributed by atoms with E-state index in [1.54, 1.807) is 18.3 Å². The van der Waals surface area contributed by atoms with Crippen molar-refractivity contribution >= 4 is 17.8 Å². The van der Waals surface area contributed by atoms with E-state index in [0.717, 1.165) is 38.5 Å². The molecule has 4 amide bonds. The molecule has 0 unspecified atom stereocenters. The standard InChI is InChI=1S/C20H26N4O4/c1-2-3-6-15-18(26)24(19(27)23-15)12-8-20(9-12)10-13(11-20)28-17-14(16(21)25)5-4-7-22-17/h4-5,7,12-13,15H,2-3,6,8-11H2,1H3,(H2,21,25)(H,23,27)/t12-,13-,15-,20?/m0/s1. The van der Waals surface area contributed by atoms with E-state index in [4.69, 9.17) is 10.5 Å². The summed E-state index contributed by atoms with van der Waals surface area (Å²) in [5.74, 6) is -0.361.